The molecule has 0 spiro atoms. The molecule has 0 unspecified atom stereocenters. The Balaban J connectivity index is 1.59. The van der Waals surface area contributed by atoms with E-state index in [1.807, 2.05) is 6.92 Å². The minimum absolute atomic E-state index is 0.0685. The number of hydrogen-bond donors (Lipinski definition) is 5. The summed E-state index contributed by atoms with van der Waals surface area (Å²) in [7, 11) is -4.75. The molecule has 0 radical (unpaired) electrons. The first-order valence-corrected chi connectivity index (χ1v) is 16.7. The van der Waals surface area contributed by atoms with Crippen LogP contribution in [0, 0.1) is 13.8 Å². The fraction of sp³-hybridized carbons (Fsp3) is 0.312. The highest BCUT2D eigenvalue weighted by Gasteiger charge is 2.29. The Labute approximate surface area is 281 Å². The molecule has 17 heteroatoms. The van der Waals surface area contributed by atoms with Crippen molar-refractivity contribution >= 4 is 49.6 Å². The Bertz CT molecular complexity index is 1800. The molecule has 3 aromatic rings. The van der Waals surface area contributed by atoms with E-state index in [0.29, 0.717) is 36.0 Å². The number of aliphatic imine (C=N–C) groups is 1. The van der Waals surface area contributed by atoms with Crippen LogP contribution in [0.25, 0.3) is 5.41 Å². The largest absolute Gasteiger partial charge is 0.524 e. The molecular weight excluding hydrogens is 659 g/mol. The van der Waals surface area contributed by atoms with E-state index in [9.17, 15) is 29.2 Å². The van der Waals surface area contributed by atoms with E-state index in [1.54, 1.807) is 26.0 Å². The Kier molecular flexibility index (Phi) is 12.1. The number of phosphoric ester groups is 1. The monoisotopic (exact) mass is 695 g/mol. The molecule has 1 aliphatic carbocycles. The minimum Gasteiger partial charge on any atom is -0.472 e. The van der Waals surface area contributed by atoms with Crippen LogP contribution in [0.15, 0.2) is 53.7 Å². The zero-order chi connectivity index (χ0) is 35.7. The predicted octanol–water partition coefficient (Wildman–Crippen LogP) is 3.87. The second kappa shape index (κ2) is 16.2. The highest BCUT2D eigenvalue weighted by molar-refractivity contribution is 7.46. The second-order valence-corrected chi connectivity index (χ2v) is 12.2. The van der Waals surface area contributed by atoms with Crippen LogP contribution in [0.3, 0.4) is 0 Å². The van der Waals surface area contributed by atoms with E-state index in [4.69, 9.17) is 19.3 Å². The summed E-state index contributed by atoms with van der Waals surface area (Å²) in [5.74, 6) is -1.81. The summed E-state index contributed by atoms with van der Waals surface area (Å²) >= 11 is 0. The molecular formula is C32H36N6O10P-. The Morgan fingerprint density at radius 1 is 1.08 bits per heavy atom. The van der Waals surface area contributed by atoms with E-state index in [-0.39, 0.29) is 58.4 Å². The van der Waals surface area contributed by atoms with Gasteiger partial charge in [-0.3, -0.25) is 24.2 Å². The van der Waals surface area contributed by atoms with Crippen molar-refractivity contribution in [3.05, 3.63) is 87.6 Å². The fourth-order valence-electron chi connectivity index (χ4n) is 4.61. The lowest BCUT2D eigenvalue weighted by Gasteiger charge is -2.28. The van der Waals surface area contributed by atoms with Gasteiger partial charge < -0.3 is 40.0 Å². The number of aromatic nitrogens is 1. The van der Waals surface area contributed by atoms with Gasteiger partial charge in [0, 0.05) is 24.3 Å². The number of aryl methyl sites for hydroxylation is 1. The van der Waals surface area contributed by atoms with Gasteiger partial charge in [0.05, 0.1) is 29.2 Å². The minimum atomic E-state index is -4.75. The molecule has 1 aliphatic rings. The second-order valence-electron chi connectivity index (χ2n) is 11.1. The van der Waals surface area contributed by atoms with Crippen molar-refractivity contribution in [2.24, 2.45) is 4.99 Å². The van der Waals surface area contributed by atoms with Crippen LogP contribution in [0.4, 0.5) is 10.5 Å². The van der Waals surface area contributed by atoms with Gasteiger partial charge in [-0.2, -0.15) is 0 Å². The van der Waals surface area contributed by atoms with Crippen LogP contribution in [0.5, 0.6) is 5.75 Å². The number of ether oxygens (including phenoxy) is 2. The molecule has 260 valence electrons. The molecule has 2 aromatic carbocycles. The Morgan fingerprint density at radius 3 is 2.43 bits per heavy atom. The highest BCUT2D eigenvalue weighted by Crippen LogP contribution is 2.37. The van der Waals surface area contributed by atoms with E-state index in [1.165, 1.54) is 36.5 Å². The first-order chi connectivity index (χ1) is 23.3. The predicted molar refractivity (Wildman–Crippen MR) is 179 cm³/mol. The smallest absolute Gasteiger partial charge is 0.472 e. The summed E-state index contributed by atoms with van der Waals surface area (Å²) in [5, 5.41) is 15.5. The van der Waals surface area contributed by atoms with Crippen LogP contribution in [0.2, 0.25) is 0 Å². The number of anilines is 1. The van der Waals surface area contributed by atoms with Crippen molar-refractivity contribution in [2.45, 2.75) is 52.5 Å². The third-order valence-corrected chi connectivity index (χ3v) is 7.69. The van der Waals surface area contributed by atoms with Gasteiger partial charge in [-0.1, -0.05) is 25.1 Å². The van der Waals surface area contributed by atoms with Crippen molar-refractivity contribution in [3.8, 4) is 5.75 Å². The molecule has 0 saturated heterocycles. The topological polar surface area (TPSA) is 231 Å². The van der Waals surface area contributed by atoms with E-state index in [0.717, 1.165) is 17.7 Å². The van der Waals surface area contributed by atoms with Gasteiger partial charge in [-0.05, 0) is 74.1 Å². The van der Waals surface area contributed by atoms with Crippen molar-refractivity contribution in [1.82, 2.24) is 15.6 Å². The zero-order valence-electron chi connectivity index (χ0n) is 27.0. The number of nitrogens with zero attached hydrogens (tertiary/aromatic N) is 3. The standard InChI is InChI=1S/C32H36N6O10P/c1-4-13-34-31(41)25-16-35-28(20(25)3)29(36-17-33)38(26-15-22(8-5-19(26)2)30(40)37-23-9-10-23)32(42)47-18-46-27(39)14-21-6-11-24(12-7-21)48-49(43,44)45/h5-8,11-12,15-17,23,35H,4,9-10,13-14,18H2,1-3H3,(H,34,41)(H,37,40)(H2,43,44,45)/q-1. The number of esters is 1. The number of carbonyl (C=O) groups is 4. The van der Waals surface area contributed by atoms with E-state index >= 15 is 0 Å². The number of rotatable bonds is 14. The van der Waals surface area contributed by atoms with Crippen LogP contribution >= 0.6 is 7.82 Å². The van der Waals surface area contributed by atoms with E-state index in [2.05, 4.69) is 25.1 Å². The lowest BCUT2D eigenvalue weighted by Crippen LogP contribution is -2.40. The van der Waals surface area contributed by atoms with Gasteiger partial charge in [-0.25, -0.2) is 14.3 Å². The summed E-state index contributed by atoms with van der Waals surface area (Å²) in [5.41, 5.74) is 2.18. The van der Waals surface area contributed by atoms with Gasteiger partial charge in [-0.15, -0.1) is 6.34 Å². The highest BCUT2D eigenvalue weighted by atomic mass is 31.2. The summed E-state index contributed by atoms with van der Waals surface area (Å²) in [6.07, 6.45) is 2.96. The first kappa shape index (κ1) is 36.5. The molecule has 1 saturated carbocycles. The number of phosphoric acid groups is 1. The normalized spacial score (nSPS) is 12.9. The molecule has 4 rings (SSSR count). The molecule has 49 heavy (non-hydrogen) atoms. The Morgan fingerprint density at radius 2 is 1.80 bits per heavy atom. The number of nitrogens with one attached hydrogen (secondary N) is 3. The number of amidine groups is 1. The average Bonchev–Trinajstić information content (AvgIpc) is 3.78. The number of benzene rings is 2. The van der Waals surface area contributed by atoms with Gasteiger partial charge in [0.1, 0.15) is 5.75 Å². The summed E-state index contributed by atoms with van der Waals surface area (Å²) in [6.45, 7) is 4.82. The maximum atomic E-state index is 13.8. The van der Waals surface area contributed by atoms with Crippen LogP contribution in [-0.4, -0.2) is 70.2 Å². The lowest BCUT2D eigenvalue weighted by atomic mass is 10.1. The number of carbonyl (C=O) groups excluding carboxylic acids is 4. The lowest BCUT2D eigenvalue weighted by molar-refractivity contribution is -0.150. The van der Waals surface area contributed by atoms with Crippen LogP contribution in [-0.2, 0) is 25.3 Å². The van der Waals surface area contributed by atoms with Crippen LogP contribution < -0.4 is 20.1 Å². The van der Waals surface area contributed by atoms with E-state index < -0.39 is 26.7 Å². The fourth-order valence-corrected chi connectivity index (χ4v) is 5.00. The molecule has 1 fully saturated rings. The van der Waals surface area contributed by atoms with Gasteiger partial charge >= 0.3 is 19.9 Å². The SMILES string of the molecule is CCCNC(=O)c1c[nH]c(C(=NC=[N-])N(C(=O)OCOC(=O)Cc2ccc(OP(=O)(O)O)cc2)c2cc(C(=O)NC3CC3)ccc2C)c1C. The third-order valence-electron chi connectivity index (χ3n) is 7.24. The average molecular weight is 696 g/mol. The third kappa shape index (κ3) is 10.1. The number of aromatic amines is 1. The number of amides is 3. The van der Waals surface area contributed by atoms with Crippen molar-refractivity contribution in [3.63, 3.8) is 0 Å². The molecule has 1 heterocycles. The van der Waals surface area contributed by atoms with Crippen molar-refractivity contribution in [1.29, 1.82) is 0 Å². The molecule has 5 N–H and O–H groups in total. The number of H-pyrrole nitrogens is 1. The molecule has 0 aliphatic heterocycles. The maximum Gasteiger partial charge on any atom is 0.524 e. The quantitative estimate of drug-likeness (QED) is 0.0537. The van der Waals surface area contributed by atoms with Gasteiger partial charge in [0.2, 0.25) is 6.79 Å². The molecule has 0 bridgehead atoms. The summed E-state index contributed by atoms with van der Waals surface area (Å²) in [6, 6.07) is 10.1. The maximum absolute atomic E-state index is 13.8. The zero-order valence-corrected chi connectivity index (χ0v) is 27.9. The molecule has 16 nitrogen and oxygen atoms in total. The van der Waals surface area contributed by atoms with Gasteiger partial charge in [0.25, 0.3) is 11.8 Å². The molecule has 0 atom stereocenters. The summed E-state index contributed by atoms with van der Waals surface area (Å²) < 4.78 is 25.9. The number of hydrogen-bond acceptors (Lipinski definition) is 8. The molecule has 1 aromatic heterocycles. The van der Waals surface area contributed by atoms with Crippen molar-refractivity contribution in [2.75, 3.05) is 18.2 Å². The van der Waals surface area contributed by atoms with Crippen molar-refractivity contribution < 1.29 is 47.5 Å². The summed E-state index contributed by atoms with van der Waals surface area (Å²) in [4.78, 5) is 77.9. The Hall–Kier alpha value is -5.31. The van der Waals surface area contributed by atoms with Gasteiger partial charge in [0.15, 0.2) is 0 Å². The van der Waals surface area contributed by atoms with Crippen LogP contribution in [0.1, 0.15) is 69.3 Å². The first-order valence-electron chi connectivity index (χ1n) is 15.2. The molecule has 3 amide bonds.